The molecule has 1 aromatic carbocycles. The van der Waals surface area contributed by atoms with Gasteiger partial charge in [0.25, 0.3) is 0 Å². The second-order valence-electron chi connectivity index (χ2n) is 6.57. The van der Waals surface area contributed by atoms with Crippen LogP contribution in [0.15, 0.2) is 36.4 Å². The number of aromatic amines is 1. The fourth-order valence-corrected chi connectivity index (χ4v) is 2.85. The van der Waals surface area contributed by atoms with Crippen molar-refractivity contribution in [2.24, 2.45) is 0 Å². The Labute approximate surface area is 174 Å². The molecule has 0 unspecified atom stereocenters. The molecule has 0 saturated heterocycles. The quantitative estimate of drug-likeness (QED) is 0.391. The van der Waals surface area contributed by atoms with Gasteiger partial charge in [0.1, 0.15) is 6.54 Å². The van der Waals surface area contributed by atoms with Crippen molar-refractivity contribution in [1.82, 2.24) is 10.3 Å². The van der Waals surface area contributed by atoms with Crippen LogP contribution in [0.4, 0.5) is 0 Å². The highest BCUT2D eigenvalue weighted by atomic mass is 16.5. The summed E-state index contributed by atoms with van der Waals surface area (Å²) in [5.41, 5.74) is 2.20. The van der Waals surface area contributed by atoms with Crippen molar-refractivity contribution in [2.45, 2.75) is 26.9 Å². The summed E-state index contributed by atoms with van der Waals surface area (Å²) in [5, 5.41) is 2.40. The second kappa shape index (κ2) is 10.2. The number of aryl methyl sites for hydroxylation is 1. The molecule has 1 atom stereocenters. The zero-order valence-corrected chi connectivity index (χ0v) is 17.3. The first-order valence-electron chi connectivity index (χ1n) is 9.26. The number of rotatable bonds is 8. The number of carbonyl (C=O) groups is 4. The standard InChI is InChI=1S/C22H24N2O6/c1-13-19(22(28)29-4)14(2)24-20(13)21(27)15(3)30-18(26)12-23-17(25)11-10-16-8-6-5-7-9-16/h5-11,15,24H,12H2,1-4H3,(H,23,25)/b11-10+/t15-/m0/s1. The molecule has 0 spiro atoms. The zero-order valence-electron chi connectivity index (χ0n) is 17.3. The first kappa shape index (κ1) is 22.6. The molecule has 8 heteroatoms. The number of nitrogens with one attached hydrogen (secondary N) is 2. The predicted octanol–water partition coefficient (Wildman–Crippen LogP) is 2.36. The van der Waals surface area contributed by atoms with Crippen LogP contribution in [0.5, 0.6) is 0 Å². The lowest BCUT2D eigenvalue weighted by atomic mass is 10.1. The minimum absolute atomic E-state index is 0.169. The van der Waals surface area contributed by atoms with Gasteiger partial charge in [-0.25, -0.2) is 4.79 Å². The minimum atomic E-state index is -1.10. The monoisotopic (exact) mass is 412 g/mol. The van der Waals surface area contributed by atoms with Gasteiger partial charge in [0, 0.05) is 11.8 Å². The van der Waals surface area contributed by atoms with Crippen LogP contribution in [0.3, 0.4) is 0 Å². The molecule has 1 aromatic heterocycles. The second-order valence-corrected chi connectivity index (χ2v) is 6.57. The first-order valence-corrected chi connectivity index (χ1v) is 9.26. The SMILES string of the molecule is COC(=O)c1c(C)[nH]c(C(=O)[C@H](C)OC(=O)CNC(=O)/C=C/c2ccccc2)c1C. The highest BCUT2D eigenvalue weighted by Crippen LogP contribution is 2.20. The Kier molecular flexibility index (Phi) is 7.69. The van der Waals surface area contributed by atoms with Gasteiger partial charge in [0.2, 0.25) is 11.7 Å². The van der Waals surface area contributed by atoms with Gasteiger partial charge in [-0.3, -0.25) is 14.4 Å². The lowest BCUT2D eigenvalue weighted by molar-refractivity contribution is -0.146. The summed E-state index contributed by atoms with van der Waals surface area (Å²) >= 11 is 0. The maximum absolute atomic E-state index is 12.6. The number of methoxy groups -OCH3 is 1. The number of esters is 2. The molecule has 2 rings (SSSR count). The van der Waals surface area contributed by atoms with Crippen molar-refractivity contribution in [1.29, 1.82) is 0 Å². The van der Waals surface area contributed by atoms with Crippen molar-refractivity contribution in [3.05, 3.63) is 64.5 Å². The molecule has 0 fully saturated rings. The molecular weight excluding hydrogens is 388 g/mol. The Morgan fingerprint density at radius 2 is 1.80 bits per heavy atom. The van der Waals surface area contributed by atoms with E-state index >= 15 is 0 Å². The van der Waals surface area contributed by atoms with Crippen molar-refractivity contribution >= 4 is 29.7 Å². The summed E-state index contributed by atoms with van der Waals surface area (Å²) in [6.45, 7) is 4.29. The van der Waals surface area contributed by atoms with E-state index in [9.17, 15) is 19.2 Å². The molecule has 30 heavy (non-hydrogen) atoms. The first-order chi connectivity index (χ1) is 14.2. The van der Waals surface area contributed by atoms with Gasteiger partial charge in [-0.05, 0) is 38.0 Å². The number of ketones is 1. The van der Waals surface area contributed by atoms with Crippen LogP contribution in [0.1, 0.15) is 44.6 Å². The molecule has 158 valence electrons. The molecule has 0 aliphatic carbocycles. The fourth-order valence-electron chi connectivity index (χ4n) is 2.85. The lowest BCUT2D eigenvalue weighted by Gasteiger charge is -2.12. The topological polar surface area (TPSA) is 115 Å². The van der Waals surface area contributed by atoms with E-state index in [1.165, 1.54) is 20.1 Å². The minimum Gasteiger partial charge on any atom is -0.465 e. The largest absolute Gasteiger partial charge is 0.465 e. The summed E-state index contributed by atoms with van der Waals surface area (Å²) in [7, 11) is 1.25. The Morgan fingerprint density at radius 3 is 2.43 bits per heavy atom. The van der Waals surface area contributed by atoms with Crippen molar-refractivity contribution in [3.8, 4) is 0 Å². The maximum Gasteiger partial charge on any atom is 0.339 e. The number of amides is 1. The lowest BCUT2D eigenvalue weighted by Crippen LogP contribution is -2.33. The Bertz CT molecular complexity index is 975. The van der Waals surface area contributed by atoms with E-state index in [1.54, 1.807) is 19.9 Å². The summed E-state index contributed by atoms with van der Waals surface area (Å²) in [6, 6.07) is 9.22. The molecule has 0 bridgehead atoms. The van der Waals surface area contributed by atoms with E-state index in [2.05, 4.69) is 10.3 Å². The number of benzene rings is 1. The van der Waals surface area contributed by atoms with Crippen molar-refractivity contribution in [3.63, 3.8) is 0 Å². The van der Waals surface area contributed by atoms with Gasteiger partial charge in [0.15, 0.2) is 6.10 Å². The van der Waals surface area contributed by atoms with Crippen molar-refractivity contribution < 1.29 is 28.7 Å². The third kappa shape index (κ3) is 5.66. The van der Waals surface area contributed by atoms with E-state index in [4.69, 9.17) is 9.47 Å². The maximum atomic E-state index is 12.6. The van der Waals surface area contributed by atoms with Crippen LogP contribution in [0.2, 0.25) is 0 Å². The molecular formula is C22H24N2O6. The molecule has 8 nitrogen and oxygen atoms in total. The van der Waals surface area contributed by atoms with Crippen LogP contribution in [0, 0.1) is 13.8 Å². The molecule has 2 N–H and O–H groups in total. The average Bonchev–Trinajstić information content (AvgIpc) is 3.04. The van der Waals surface area contributed by atoms with Gasteiger partial charge in [-0.15, -0.1) is 0 Å². The molecule has 1 amide bonds. The summed E-state index contributed by atoms with van der Waals surface area (Å²) in [5.74, 6) is -2.27. The van der Waals surface area contributed by atoms with Gasteiger partial charge in [-0.2, -0.15) is 0 Å². The highest BCUT2D eigenvalue weighted by molar-refractivity contribution is 6.04. The molecule has 0 aliphatic heterocycles. The number of carbonyl (C=O) groups excluding carboxylic acids is 4. The van der Waals surface area contributed by atoms with Gasteiger partial charge < -0.3 is 19.8 Å². The van der Waals surface area contributed by atoms with E-state index in [0.717, 1.165) is 5.56 Å². The summed E-state index contributed by atoms with van der Waals surface area (Å²) in [4.78, 5) is 51.1. The van der Waals surface area contributed by atoms with Gasteiger partial charge in [-0.1, -0.05) is 30.3 Å². The van der Waals surface area contributed by atoms with Crippen LogP contribution in [0.25, 0.3) is 6.08 Å². The molecule has 0 saturated carbocycles. The summed E-state index contributed by atoms with van der Waals surface area (Å²) < 4.78 is 9.82. The van der Waals surface area contributed by atoms with Crippen LogP contribution >= 0.6 is 0 Å². The van der Waals surface area contributed by atoms with Crippen LogP contribution < -0.4 is 5.32 Å². The van der Waals surface area contributed by atoms with E-state index in [1.807, 2.05) is 30.3 Å². The van der Waals surface area contributed by atoms with Gasteiger partial charge >= 0.3 is 11.9 Å². The van der Waals surface area contributed by atoms with E-state index in [-0.39, 0.29) is 17.8 Å². The predicted molar refractivity (Wildman–Crippen MR) is 110 cm³/mol. The smallest absolute Gasteiger partial charge is 0.339 e. The highest BCUT2D eigenvalue weighted by Gasteiger charge is 2.27. The molecule has 0 radical (unpaired) electrons. The number of hydrogen-bond acceptors (Lipinski definition) is 6. The number of aromatic nitrogens is 1. The van der Waals surface area contributed by atoms with Crippen LogP contribution in [-0.2, 0) is 19.1 Å². The molecule has 2 aromatic rings. The number of hydrogen-bond donors (Lipinski definition) is 2. The zero-order chi connectivity index (χ0) is 22.3. The Morgan fingerprint density at radius 1 is 1.13 bits per heavy atom. The molecule has 1 heterocycles. The normalized spacial score (nSPS) is 11.7. The number of ether oxygens (including phenoxy) is 2. The fraction of sp³-hybridized carbons (Fsp3) is 0.273. The Balaban J connectivity index is 1.91. The number of H-pyrrole nitrogens is 1. The Hall–Kier alpha value is -3.68. The molecule has 0 aliphatic rings. The number of Topliss-reactive ketones (excluding diaryl/α,β-unsaturated/α-hetero) is 1. The van der Waals surface area contributed by atoms with Crippen molar-refractivity contribution in [2.75, 3.05) is 13.7 Å². The van der Waals surface area contributed by atoms with Crippen LogP contribution in [-0.4, -0.2) is 48.4 Å². The van der Waals surface area contributed by atoms with Gasteiger partial charge in [0.05, 0.1) is 18.4 Å². The van der Waals surface area contributed by atoms with E-state index < -0.39 is 29.7 Å². The third-order valence-electron chi connectivity index (χ3n) is 4.38. The van der Waals surface area contributed by atoms with E-state index in [0.29, 0.717) is 11.3 Å². The third-order valence-corrected chi connectivity index (χ3v) is 4.38. The average molecular weight is 412 g/mol. The summed E-state index contributed by atoms with van der Waals surface area (Å²) in [6.07, 6.45) is 1.81.